The molecule has 2 aromatic heterocycles. The summed E-state index contributed by atoms with van der Waals surface area (Å²) in [6, 6.07) is 9.43. The molecule has 0 bridgehead atoms. The summed E-state index contributed by atoms with van der Waals surface area (Å²) in [5.74, 6) is 1.60. The Balaban J connectivity index is 1.50. The predicted molar refractivity (Wildman–Crippen MR) is 135 cm³/mol. The molecule has 5 rings (SSSR count). The van der Waals surface area contributed by atoms with Gasteiger partial charge in [0, 0.05) is 37.8 Å². The summed E-state index contributed by atoms with van der Waals surface area (Å²) >= 11 is 1.72. The number of hydrogen-bond donors (Lipinski definition) is 1. The Morgan fingerprint density at radius 3 is 2.31 bits per heavy atom. The van der Waals surface area contributed by atoms with E-state index in [0.29, 0.717) is 12.0 Å². The second-order valence-electron chi connectivity index (χ2n) is 9.79. The fourth-order valence-electron chi connectivity index (χ4n) is 4.84. The van der Waals surface area contributed by atoms with Gasteiger partial charge in [0.05, 0.1) is 0 Å². The molecular formula is C25H36N6S. The summed E-state index contributed by atoms with van der Waals surface area (Å²) in [5.41, 5.74) is 3.57. The van der Waals surface area contributed by atoms with Gasteiger partial charge >= 0.3 is 0 Å². The molecular weight excluding hydrogens is 416 g/mol. The fraction of sp³-hybridized carbons (Fsp3) is 0.600. The molecule has 1 aliphatic heterocycles. The number of rotatable bonds is 5. The van der Waals surface area contributed by atoms with Crippen LogP contribution in [0.2, 0.25) is 0 Å². The molecule has 3 aromatic rings. The zero-order valence-corrected chi connectivity index (χ0v) is 20.5. The number of nitrogens with one attached hydrogen (secondary N) is 1. The van der Waals surface area contributed by atoms with Crippen molar-refractivity contribution in [3.63, 3.8) is 0 Å². The first kappa shape index (κ1) is 21.7. The number of likely N-dealkylation sites (N-methyl/N-ethyl adjacent to an activating group) is 1. The molecule has 7 heteroatoms. The highest BCUT2D eigenvalue weighted by molar-refractivity contribution is 7.20. The van der Waals surface area contributed by atoms with Gasteiger partial charge in [0.1, 0.15) is 5.69 Å². The van der Waals surface area contributed by atoms with Crippen LogP contribution < -0.4 is 10.2 Å². The Morgan fingerprint density at radius 2 is 1.66 bits per heavy atom. The second kappa shape index (κ2) is 9.40. The molecule has 0 radical (unpaired) electrons. The number of imidazole rings is 1. The first-order valence-electron chi connectivity index (χ1n) is 12.3. The number of benzene rings is 1. The summed E-state index contributed by atoms with van der Waals surface area (Å²) in [5, 5.41) is 10.0. The van der Waals surface area contributed by atoms with Crippen molar-refractivity contribution >= 4 is 27.2 Å². The van der Waals surface area contributed by atoms with Crippen LogP contribution in [0.1, 0.15) is 63.9 Å². The van der Waals surface area contributed by atoms with Gasteiger partial charge in [0.25, 0.3) is 0 Å². The van der Waals surface area contributed by atoms with Crippen LogP contribution in [0.15, 0.2) is 24.3 Å². The predicted octanol–water partition coefficient (Wildman–Crippen LogP) is 5.47. The van der Waals surface area contributed by atoms with E-state index in [2.05, 4.69) is 64.8 Å². The Bertz CT molecular complexity index is 1020. The molecule has 0 amide bonds. The maximum absolute atomic E-state index is 5.10. The van der Waals surface area contributed by atoms with Crippen molar-refractivity contribution in [1.29, 1.82) is 0 Å². The third-order valence-electron chi connectivity index (χ3n) is 7.01. The Morgan fingerprint density at radius 1 is 0.969 bits per heavy atom. The van der Waals surface area contributed by atoms with E-state index >= 15 is 0 Å². The van der Waals surface area contributed by atoms with Crippen molar-refractivity contribution < 1.29 is 0 Å². The van der Waals surface area contributed by atoms with Crippen LogP contribution in [0.5, 0.6) is 0 Å². The molecule has 32 heavy (non-hydrogen) atoms. The van der Waals surface area contributed by atoms with Gasteiger partial charge in [0.15, 0.2) is 5.82 Å². The average Bonchev–Trinajstić information content (AvgIpc) is 3.23. The molecule has 3 heterocycles. The lowest BCUT2D eigenvalue weighted by Gasteiger charge is -2.31. The molecule has 0 atom stereocenters. The molecule has 1 aliphatic carbocycles. The van der Waals surface area contributed by atoms with Gasteiger partial charge in [-0.15, -0.1) is 5.10 Å². The molecule has 2 fully saturated rings. The zero-order valence-electron chi connectivity index (χ0n) is 19.7. The third-order valence-corrected chi connectivity index (χ3v) is 7.98. The first-order valence-corrected chi connectivity index (χ1v) is 13.1. The molecule has 6 nitrogen and oxygen atoms in total. The monoisotopic (exact) mass is 452 g/mol. The minimum atomic E-state index is 0.500. The summed E-state index contributed by atoms with van der Waals surface area (Å²) in [4.78, 5) is 10.9. The van der Waals surface area contributed by atoms with Gasteiger partial charge in [-0.2, -0.15) is 4.52 Å². The number of fused-ring (bicyclic) bond motifs is 1. The highest BCUT2D eigenvalue weighted by Gasteiger charge is 2.24. The average molecular weight is 453 g/mol. The van der Waals surface area contributed by atoms with Crippen LogP contribution in [0.4, 0.5) is 10.9 Å². The van der Waals surface area contributed by atoms with Crippen molar-refractivity contribution in [2.75, 3.05) is 43.4 Å². The van der Waals surface area contributed by atoms with Crippen LogP contribution >= 0.6 is 11.3 Å². The minimum absolute atomic E-state index is 0.500. The molecule has 1 N–H and O–H groups in total. The highest BCUT2D eigenvalue weighted by Crippen LogP contribution is 2.35. The Hall–Kier alpha value is -2.12. The Kier molecular flexibility index (Phi) is 6.37. The summed E-state index contributed by atoms with van der Waals surface area (Å²) in [6.07, 6.45) is 7.79. The quantitative estimate of drug-likeness (QED) is 0.520. The lowest BCUT2D eigenvalue weighted by atomic mass is 10.0. The smallest absolute Gasteiger partial charge is 0.216 e. The summed E-state index contributed by atoms with van der Waals surface area (Å²) in [7, 11) is 2.19. The van der Waals surface area contributed by atoms with E-state index < -0.39 is 0 Å². The standard InChI is InChI=1S/C25H36N6S/c1-18(2)19-10-12-20(13-11-19)22-23(26-21-8-6-4-5-7-9-21)31-24(27-22)32-25(28-31)30-16-14-29(3)15-17-30/h10-13,18,21,26H,4-9,14-17H2,1-3H3. The highest BCUT2D eigenvalue weighted by atomic mass is 32.1. The van der Waals surface area contributed by atoms with E-state index in [1.807, 2.05) is 0 Å². The molecule has 2 aliphatic rings. The van der Waals surface area contributed by atoms with Crippen molar-refractivity contribution in [3.8, 4) is 11.3 Å². The second-order valence-corrected chi connectivity index (χ2v) is 10.7. The Labute approximate surface area is 195 Å². The van der Waals surface area contributed by atoms with Gasteiger partial charge in [-0.1, -0.05) is 75.1 Å². The van der Waals surface area contributed by atoms with Gasteiger partial charge in [-0.05, 0) is 31.4 Å². The van der Waals surface area contributed by atoms with Crippen molar-refractivity contribution in [2.45, 2.75) is 64.3 Å². The number of piperazine rings is 1. The maximum atomic E-state index is 5.10. The van der Waals surface area contributed by atoms with Crippen LogP contribution in [-0.2, 0) is 0 Å². The van der Waals surface area contributed by atoms with Gasteiger partial charge in [-0.3, -0.25) is 0 Å². The normalized spacial score (nSPS) is 19.1. The van der Waals surface area contributed by atoms with Crippen molar-refractivity contribution in [2.24, 2.45) is 0 Å². The SMILES string of the molecule is CC(C)c1ccc(-c2nc3sc(N4CCN(C)CC4)nn3c2NC2CCCCCC2)cc1. The molecule has 0 spiro atoms. The summed E-state index contributed by atoms with van der Waals surface area (Å²) in [6.45, 7) is 8.71. The number of anilines is 2. The van der Waals surface area contributed by atoms with Crippen LogP contribution in [-0.4, -0.2) is 58.8 Å². The van der Waals surface area contributed by atoms with E-state index in [-0.39, 0.29) is 0 Å². The molecule has 172 valence electrons. The lowest BCUT2D eigenvalue weighted by Crippen LogP contribution is -2.44. The van der Waals surface area contributed by atoms with E-state index in [1.165, 1.54) is 49.7 Å². The van der Waals surface area contributed by atoms with Crippen molar-refractivity contribution in [3.05, 3.63) is 29.8 Å². The van der Waals surface area contributed by atoms with Crippen LogP contribution in [0.3, 0.4) is 0 Å². The zero-order chi connectivity index (χ0) is 22.1. The molecule has 1 saturated carbocycles. The number of nitrogens with zero attached hydrogens (tertiary/aromatic N) is 5. The minimum Gasteiger partial charge on any atom is -0.365 e. The van der Waals surface area contributed by atoms with E-state index in [4.69, 9.17) is 10.1 Å². The van der Waals surface area contributed by atoms with Gasteiger partial charge in [-0.25, -0.2) is 4.98 Å². The topological polar surface area (TPSA) is 48.7 Å². The maximum Gasteiger partial charge on any atom is 0.216 e. The summed E-state index contributed by atoms with van der Waals surface area (Å²) < 4.78 is 2.08. The third kappa shape index (κ3) is 4.50. The van der Waals surface area contributed by atoms with E-state index in [0.717, 1.165) is 47.8 Å². The van der Waals surface area contributed by atoms with E-state index in [9.17, 15) is 0 Å². The van der Waals surface area contributed by atoms with Gasteiger partial charge < -0.3 is 15.1 Å². The number of hydrogen-bond acceptors (Lipinski definition) is 6. The van der Waals surface area contributed by atoms with Crippen molar-refractivity contribution in [1.82, 2.24) is 19.5 Å². The first-order chi connectivity index (χ1) is 15.6. The van der Waals surface area contributed by atoms with Crippen LogP contribution in [0.25, 0.3) is 16.2 Å². The molecule has 0 unspecified atom stereocenters. The molecule has 1 saturated heterocycles. The van der Waals surface area contributed by atoms with E-state index in [1.54, 1.807) is 11.3 Å². The number of aromatic nitrogens is 3. The molecule has 1 aromatic carbocycles. The fourth-order valence-corrected chi connectivity index (χ4v) is 5.79. The lowest BCUT2D eigenvalue weighted by molar-refractivity contribution is 0.312. The van der Waals surface area contributed by atoms with Crippen LogP contribution in [0, 0.1) is 0 Å². The van der Waals surface area contributed by atoms with Gasteiger partial charge in [0.2, 0.25) is 10.1 Å². The largest absolute Gasteiger partial charge is 0.365 e.